The predicted octanol–water partition coefficient (Wildman–Crippen LogP) is 2.16. The zero-order valence-electron chi connectivity index (χ0n) is 10.0. The molecule has 0 bridgehead atoms. The molecular weight excluding hydrogens is 216 g/mol. The first-order valence-corrected chi connectivity index (χ1v) is 5.76. The fourth-order valence-corrected chi connectivity index (χ4v) is 1.70. The van der Waals surface area contributed by atoms with Crippen LogP contribution < -0.4 is 0 Å². The lowest BCUT2D eigenvalue weighted by atomic mass is 10.2. The molecule has 2 rings (SSSR count). The van der Waals surface area contributed by atoms with Crippen molar-refractivity contribution in [2.75, 3.05) is 13.2 Å². The highest BCUT2D eigenvalue weighted by atomic mass is 16.6. The number of rotatable bonds is 4. The third kappa shape index (κ3) is 4.69. The van der Waals surface area contributed by atoms with E-state index in [9.17, 15) is 0 Å². The second-order valence-electron chi connectivity index (χ2n) is 3.79. The minimum atomic E-state index is -0.0363. The summed E-state index contributed by atoms with van der Waals surface area (Å²) in [7, 11) is 0. The number of ether oxygens (including phenoxy) is 2. The second kappa shape index (κ2) is 8.01. The van der Waals surface area contributed by atoms with Gasteiger partial charge in [0.25, 0.3) is 0 Å². The van der Waals surface area contributed by atoms with Gasteiger partial charge in [0.05, 0.1) is 32.0 Å². The minimum Gasteiger partial charge on any atom is -0.394 e. The van der Waals surface area contributed by atoms with Gasteiger partial charge in [-0.25, -0.2) is 0 Å². The molecule has 3 heteroatoms. The Morgan fingerprint density at radius 3 is 2.59 bits per heavy atom. The molecule has 0 saturated carbocycles. The molecule has 0 amide bonds. The van der Waals surface area contributed by atoms with E-state index in [1.165, 1.54) is 5.56 Å². The average molecular weight is 236 g/mol. The maximum absolute atomic E-state index is 8.89. The molecular formula is C14H20O3. The molecule has 94 valence electrons. The third-order valence-electron chi connectivity index (χ3n) is 2.58. The van der Waals surface area contributed by atoms with Crippen molar-refractivity contribution in [3.05, 3.63) is 49.1 Å². The van der Waals surface area contributed by atoms with Crippen LogP contribution in [0, 0.1) is 0 Å². The summed E-state index contributed by atoms with van der Waals surface area (Å²) in [5.41, 5.74) is 1.17. The lowest BCUT2D eigenvalue weighted by Gasteiger charge is -2.09. The van der Waals surface area contributed by atoms with Crippen molar-refractivity contribution >= 4 is 0 Å². The topological polar surface area (TPSA) is 38.7 Å². The summed E-state index contributed by atoms with van der Waals surface area (Å²) in [5.74, 6) is 0. The Morgan fingerprint density at radius 1 is 1.29 bits per heavy atom. The Hall–Kier alpha value is -1.16. The van der Waals surface area contributed by atoms with E-state index in [2.05, 4.69) is 13.2 Å². The van der Waals surface area contributed by atoms with Crippen molar-refractivity contribution in [3.8, 4) is 0 Å². The molecule has 0 unspecified atom stereocenters. The highest BCUT2D eigenvalue weighted by Crippen LogP contribution is 2.17. The molecule has 1 fully saturated rings. The van der Waals surface area contributed by atoms with E-state index in [0.29, 0.717) is 13.2 Å². The normalized spacial score (nSPS) is 22.9. The van der Waals surface area contributed by atoms with Crippen LogP contribution in [0.25, 0.3) is 0 Å². The standard InChI is InChI=1S/C12H16O3.C2H4/c13-7-11-6-12(9-15-11)14-8-10-4-2-1-3-5-10;1-2/h1-5,11-13H,6-9H2;1-2H2/t11-,12-;/m0./s1. The number of aliphatic hydroxyl groups excluding tert-OH is 1. The van der Waals surface area contributed by atoms with Crippen molar-refractivity contribution in [1.29, 1.82) is 0 Å². The first-order valence-electron chi connectivity index (χ1n) is 5.76. The first-order chi connectivity index (χ1) is 8.38. The van der Waals surface area contributed by atoms with Crippen molar-refractivity contribution in [3.63, 3.8) is 0 Å². The van der Waals surface area contributed by atoms with Gasteiger partial charge in [-0.2, -0.15) is 0 Å². The Kier molecular flexibility index (Phi) is 6.55. The van der Waals surface area contributed by atoms with Gasteiger partial charge in [-0.05, 0) is 5.56 Å². The van der Waals surface area contributed by atoms with Crippen molar-refractivity contribution in [2.24, 2.45) is 0 Å². The molecule has 3 nitrogen and oxygen atoms in total. The van der Waals surface area contributed by atoms with Crippen molar-refractivity contribution < 1.29 is 14.6 Å². The van der Waals surface area contributed by atoms with Gasteiger partial charge in [-0.1, -0.05) is 30.3 Å². The number of benzene rings is 1. The molecule has 1 aromatic carbocycles. The highest BCUT2D eigenvalue weighted by Gasteiger charge is 2.25. The van der Waals surface area contributed by atoms with E-state index < -0.39 is 0 Å². The van der Waals surface area contributed by atoms with Gasteiger partial charge in [-0.15, -0.1) is 13.2 Å². The summed E-state index contributed by atoms with van der Waals surface area (Å²) >= 11 is 0. The summed E-state index contributed by atoms with van der Waals surface area (Å²) < 4.78 is 11.0. The Morgan fingerprint density at radius 2 is 2.00 bits per heavy atom. The summed E-state index contributed by atoms with van der Waals surface area (Å²) in [6.45, 7) is 7.30. The highest BCUT2D eigenvalue weighted by molar-refractivity contribution is 5.13. The van der Waals surface area contributed by atoms with Gasteiger partial charge in [-0.3, -0.25) is 0 Å². The first kappa shape index (κ1) is 13.9. The molecule has 1 aromatic rings. The molecule has 1 heterocycles. The zero-order valence-corrected chi connectivity index (χ0v) is 10.0. The average Bonchev–Trinajstić information content (AvgIpc) is 2.88. The third-order valence-corrected chi connectivity index (χ3v) is 2.58. The molecule has 0 radical (unpaired) electrons. The summed E-state index contributed by atoms with van der Waals surface area (Å²) in [4.78, 5) is 0. The quantitative estimate of drug-likeness (QED) is 0.814. The van der Waals surface area contributed by atoms with Crippen LogP contribution in [0.3, 0.4) is 0 Å². The molecule has 2 atom stereocenters. The van der Waals surface area contributed by atoms with Gasteiger partial charge in [0, 0.05) is 6.42 Å². The van der Waals surface area contributed by atoms with Crippen LogP contribution in [0.15, 0.2) is 43.5 Å². The van der Waals surface area contributed by atoms with Gasteiger partial charge in [0.2, 0.25) is 0 Å². The lowest BCUT2D eigenvalue weighted by molar-refractivity contribution is 0.0217. The molecule has 1 N–H and O–H groups in total. The zero-order chi connectivity index (χ0) is 12.5. The molecule has 1 aliphatic rings. The summed E-state index contributed by atoms with van der Waals surface area (Å²) in [6.07, 6.45) is 0.886. The van der Waals surface area contributed by atoms with Crippen LogP contribution in [-0.4, -0.2) is 30.5 Å². The minimum absolute atomic E-state index is 0.0363. The molecule has 1 aliphatic heterocycles. The molecule has 17 heavy (non-hydrogen) atoms. The Labute approximate surface area is 103 Å². The fraction of sp³-hybridized carbons (Fsp3) is 0.429. The summed E-state index contributed by atoms with van der Waals surface area (Å²) in [6, 6.07) is 10.1. The lowest BCUT2D eigenvalue weighted by Crippen LogP contribution is -2.14. The smallest absolute Gasteiger partial charge is 0.0838 e. The van der Waals surface area contributed by atoms with Crippen LogP contribution in [0.2, 0.25) is 0 Å². The molecule has 0 aromatic heterocycles. The van der Waals surface area contributed by atoms with E-state index in [0.717, 1.165) is 6.42 Å². The van der Waals surface area contributed by atoms with Crippen LogP contribution in [0.4, 0.5) is 0 Å². The van der Waals surface area contributed by atoms with Gasteiger partial charge >= 0.3 is 0 Å². The number of hydrogen-bond donors (Lipinski definition) is 1. The molecule has 0 aliphatic carbocycles. The number of aliphatic hydroxyl groups is 1. The maximum Gasteiger partial charge on any atom is 0.0838 e. The van der Waals surface area contributed by atoms with Crippen LogP contribution in [0.1, 0.15) is 12.0 Å². The van der Waals surface area contributed by atoms with E-state index >= 15 is 0 Å². The summed E-state index contributed by atoms with van der Waals surface area (Å²) in [5, 5.41) is 8.89. The van der Waals surface area contributed by atoms with E-state index in [-0.39, 0.29) is 18.8 Å². The SMILES string of the molecule is C=C.OC[C@@H]1C[C@H](OCc2ccccc2)CO1. The number of hydrogen-bond acceptors (Lipinski definition) is 3. The Bertz CT molecular complexity index is 300. The fourth-order valence-electron chi connectivity index (χ4n) is 1.70. The Balaban J connectivity index is 0.000000686. The molecule has 0 spiro atoms. The van der Waals surface area contributed by atoms with Crippen LogP contribution in [0.5, 0.6) is 0 Å². The molecule has 1 saturated heterocycles. The predicted molar refractivity (Wildman–Crippen MR) is 67.7 cm³/mol. The second-order valence-corrected chi connectivity index (χ2v) is 3.79. The van der Waals surface area contributed by atoms with Gasteiger partial charge < -0.3 is 14.6 Å². The van der Waals surface area contributed by atoms with E-state index in [4.69, 9.17) is 14.6 Å². The largest absolute Gasteiger partial charge is 0.394 e. The van der Waals surface area contributed by atoms with Crippen LogP contribution >= 0.6 is 0 Å². The van der Waals surface area contributed by atoms with Gasteiger partial charge in [0.1, 0.15) is 0 Å². The van der Waals surface area contributed by atoms with Crippen molar-refractivity contribution in [1.82, 2.24) is 0 Å². The van der Waals surface area contributed by atoms with Crippen LogP contribution in [-0.2, 0) is 16.1 Å². The van der Waals surface area contributed by atoms with Crippen molar-refractivity contribution in [2.45, 2.75) is 25.2 Å². The van der Waals surface area contributed by atoms with E-state index in [1.54, 1.807) is 0 Å². The maximum atomic E-state index is 8.89. The monoisotopic (exact) mass is 236 g/mol. The van der Waals surface area contributed by atoms with E-state index in [1.807, 2.05) is 30.3 Å². The van der Waals surface area contributed by atoms with Gasteiger partial charge in [0.15, 0.2) is 0 Å².